The van der Waals surface area contributed by atoms with Gasteiger partial charge >= 0.3 is 0 Å². The Bertz CT molecular complexity index is 610. The molecule has 0 bridgehead atoms. The van der Waals surface area contributed by atoms with Crippen molar-refractivity contribution >= 4 is 0 Å². The molecule has 1 aliphatic carbocycles. The number of hydrogen-bond acceptors (Lipinski definition) is 2. The van der Waals surface area contributed by atoms with Gasteiger partial charge in [-0.25, -0.2) is 9.97 Å². The standard InChI is InChI=1S/C20H26N2/c1-3-6-16-9-11-17(12-10-16)14-19-13-15(2)21-20(22-19)18-7-4-5-8-18/h9-13,18H,3-8,14H2,1-2H3. The Labute approximate surface area is 134 Å². The van der Waals surface area contributed by atoms with Crippen LogP contribution in [0.15, 0.2) is 30.3 Å². The van der Waals surface area contributed by atoms with E-state index in [0.717, 1.165) is 23.6 Å². The van der Waals surface area contributed by atoms with Crippen LogP contribution in [-0.4, -0.2) is 9.97 Å². The third-order valence-electron chi connectivity index (χ3n) is 4.59. The van der Waals surface area contributed by atoms with Gasteiger partial charge in [-0.1, -0.05) is 50.5 Å². The van der Waals surface area contributed by atoms with E-state index < -0.39 is 0 Å². The largest absolute Gasteiger partial charge is 0.238 e. The fraction of sp³-hybridized carbons (Fsp3) is 0.500. The number of nitrogens with zero attached hydrogens (tertiary/aromatic N) is 2. The zero-order chi connectivity index (χ0) is 15.4. The van der Waals surface area contributed by atoms with E-state index in [1.54, 1.807) is 0 Å². The summed E-state index contributed by atoms with van der Waals surface area (Å²) in [7, 11) is 0. The molecule has 1 fully saturated rings. The molecular weight excluding hydrogens is 268 g/mol. The van der Waals surface area contributed by atoms with Gasteiger partial charge in [0.15, 0.2) is 0 Å². The predicted octanol–water partition coefficient (Wildman–Crippen LogP) is 4.99. The van der Waals surface area contributed by atoms with Crippen molar-refractivity contribution in [2.24, 2.45) is 0 Å². The van der Waals surface area contributed by atoms with Gasteiger partial charge in [-0.3, -0.25) is 0 Å². The first kappa shape index (κ1) is 15.2. The number of benzene rings is 1. The Morgan fingerprint density at radius 2 is 1.68 bits per heavy atom. The molecule has 3 rings (SSSR count). The molecule has 0 saturated heterocycles. The molecule has 116 valence electrons. The maximum atomic E-state index is 4.86. The first-order chi connectivity index (χ1) is 10.7. The minimum Gasteiger partial charge on any atom is -0.238 e. The molecule has 1 aromatic carbocycles. The molecule has 0 amide bonds. The van der Waals surface area contributed by atoms with Crippen LogP contribution in [-0.2, 0) is 12.8 Å². The van der Waals surface area contributed by atoms with Crippen LogP contribution in [0.1, 0.15) is 73.3 Å². The van der Waals surface area contributed by atoms with E-state index in [2.05, 4.69) is 49.2 Å². The average molecular weight is 294 g/mol. The molecule has 0 aliphatic heterocycles. The van der Waals surface area contributed by atoms with Gasteiger partial charge in [0.25, 0.3) is 0 Å². The van der Waals surface area contributed by atoms with Crippen molar-refractivity contribution in [1.82, 2.24) is 9.97 Å². The third kappa shape index (κ3) is 3.73. The number of aromatic nitrogens is 2. The highest BCUT2D eigenvalue weighted by Gasteiger charge is 2.20. The Balaban J connectivity index is 1.76. The maximum Gasteiger partial charge on any atom is 0.131 e. The summed E-state index contributed by atoms with van der Waals surface area (Å²) in [6, 6.07) is 11.1. The summed E-state index contributed by atoms with van der Waals surface area (Å²) in [6.45, 7) is 4.32. The molecule has 1 aromatic heterocycles. The predicted molar refractivity (Wildman–Crippen MR) is 91.2 cm³/mol. The minimum absolute atomic E-state index is 0.589. The van der Waals surface area contributed by atoms with Gasteiger partial charge in [-0.15, -0.1) is 0 Å². The summed E-state index contributed by atoms with van der Waals surface area (Å²) in [5.41, 5.74) is 5.04. The molecule has 1 heterocycles. The first-order valence-electron chi connectivity index (χ1n) is 8.67. The van der Waals surface area contributed by atoms with Gasteiger partial charge in [0, 0.05) is 23.7 Å². The van der Waals surface area contributed by atoms with Gasteiger partial charge in [0.05, 0.1) is 0 Å². The highest BCUT2D eigenvalue weighted by molar-refractivity contribution is 5.27. The van der Waals surface area contributed by atoms with Crippen molar-refractivity contribution in [1.29, 1.82) is 0 Å². The summed E-state index contributed by atoms with van der Waals surface area (Å²) >= 11 is 0. The van der Waals surface area contributed by atoms with Crippen molar-refractivity contribution < 1.29 is 0 Å². The summed E-state index contributed by atoms with van der Waals surface area (Å²) < 4.78 is 0. The Hall–Kier alpha value is -1.70. The van der Waals surface area contributed by atoms with Crippen LogP contribution >= 0.6 is 0 Å². The molecule has 0 atom stereocenters. The van der Waals surface area contributed by atoms with E-state index in [1.807, 2.05) is 0 Å². The van der Waals surface area contributed by atoms with Crippen LogP contribution in [0.5, 0.6) is 0 Å². The lowest BCUT2D eigenvalue weighted by Crippen LogP contribution is -2.05. The molecule has 2 nitrogen and oxygen atoms in total. The Kier molecular flexibility index (Phi) is 4.87. The van der Waals surface area contributed by atoms with E-state index in [0.29, 0.717) is 5.92 Å². The van der Waals surface area contributed by atoms with E-state index in [9.17, 15) is 0 Å². The molecule has 0 radical (unpaired) electrons. The lowest BCUT2D eigenvalue weighted by molar-refractivity contribution is 0.658. The molecule has 2 heteroatoms. The molecule has 1 aliphatic rings. The summed E-state index contributed by atoms with van der Waals surface area (Å²) in [4.78, 5) is 9.54. The van der Waals surface area contributed by atoms with E-state index in [-0.39, 0.29) is 0 Å². The number of hydrogen-bond donors (Lipinski definition) is 0. The summed E-state index contributed by atoms with van der Waals surface area (Å²) in [6.07, 6.45) is 8.46. The van der Waals surface area contributed by atoms with Gasteiger partial charge < -0.3 is 0 Å². The number of rotatable bonds is 5. The minimum atomic E-state index is 0.589. The molecule has 2 aromatic rings. The van der Waals surface area contributed by atoms with E-state index in [4.69, 9.17) is 4.98 Å². The van der Waals surface area contributed by atoms with Gasteiger partial charge in [0.2, 0.25) is 0 Å². The molecule has 0 unspecified atom stereocenters. The second-order valence-corrected chi connectivity index (χ2v) is 6.58. The summed E-state index contributed by atoms with van der Waals surface area (Å²) in [5.74, 6) is 1.67. The molecule has 0 spiro atoms. The van der Waals surface area contributed by atoms with Crippen LogP contribution < -0.4 is 0 Å². The van der Waals surface area contributed by atoms with Crippen LogP contribution in [0.2, 0.25) is 0 Å². The topological polar surface area (TPSA) is 25.8 Å². The SMILES string of the molecule is CCCc1ccc(Cc2cc(C)nc(C3CCCC3)n2)cc1. The van der Waals surface area contributed by atoms with E-state index in [1.165, 1.54) is 49.7 Å². The zero-order valence-electron chi connectivity index (χ0n) is 13.8. The highest BCUT2D eigenvalue weighted by atomic mass is 14.9. The van der Waals surface area contributed by atoms with Crippen molar-refractivity contribution in [2.75, 3.05) is 0 Å². The normalized spacial score (nSPS) is 15.4. The van der Waals surface area contributed by atoms with Crippen LogP contribution in [0.25, 0.3) is 0 Å². The van der Waals surface area contributed by atoms with Gasteiger partial charge in [0.1, 0.15) is 5.82 Å². The smallest absolute Gasteiger partial charge is 0.131 e. The van der Waals surface area contributed by atoms with Crippen LogP contribution in [0.3, 0.4) is 0 Å². The van der Waals surface area contributed by atoms with Crippen molar-refractivity contribution in [3.05, 3.63) is 58.7 Å². The summed E-state index contributed by atoms with van der Waals surface area (Å²) in [5, 5.41) is 0. The van der Waals surface area contributed by atoms with Gasteiger partial charge in [-0.05, 0) is 43.4 Å². The zero-order valence-corrected chi connectivity index (χ0v) is 13.8. The first-order valence-corrected chi connectivity index (χ1v) is 8.67. The van der Waals surface area contributed by atoms with Crippen LogP contribution in [0, 0.1) is 6.92 Å². The monoisotopic (exact) mass is 294 g/mol. The van der Waals surface area contributed by atoms with E-state index >= 15 is 0 Å². The Morgan fingerprint density at radius 3 is 2.36 bits per heavy atom. The highest BCUT2D eigenvalue weighted by Crippen LogP contribution is 2.32. The Morgan fingerprint density at radius 1 is 1.00 bits per heavy atom. The molecular formula is C20H26N2. The van der Waals surface area contributed by atoms with Crippen molar-refractivity contribution in [2.45, 2.75) is 64.7 Å². The van der Waals surface area contributed by atoms with Crippen molar-refractivity contribution in [3.63, 3.8) is 0 Å². The molecule has 0 N–H and O–H groups in total. The maximum absolute atomic E-state index is 4.86. The fourth-order valence-electron chi connectivity index (χ4n) is 3.44. The second-order valence-electron chi connectivity index (χ2n) is 6.58. The lowest BCUT2D eigenvalue weighted by atomic mass is 10.0. The average Bonchev–Trinajstić information content (AvgIpc) is 3.03. The van der Waals surface area contributed by atoms with Crippen LogP contribution in [0.4, 0.5) is 0 Å². The molecule has 22 heavy (non-hydrogen) atoms. The second kappa shape index (κ2) is 7.04. The quantitative estimate of drug-likeness (QED) is 0.776. The van der Waals surface area contributed by atoms with Gasteiger partial charge in [-0.2, -0.15) is 0 Å². The number of aryl methyl sites for hydroxylation is 2. The molecule has 1 saturated carbocycles. The van der Waals surface area contributed by atoms with Crippen molar-refractivity contribution in [3.8, 4) is 0 Å². The third-order valence-corrected chi connectivity index (χ3v) is 4.59. The lowest BCUT2D eigenvalue weighted by Gasteiger charge is -2.11. The fourth-order valence-corrected chi connectivity index (χ4v) is 3.44.